The van der Waals surface area contributed by atoms with E-state index < -0.39 is 17.8 Å². The minimum absolute atomic E-state index is 0.0380. The molecule has 3 amide bonds. The predicted molar refractivity (Wildman–Crippen MR) is 121 cm³/mol. The third-order valence-corrected chi connectivity index (χ3v) is 5.67. The van der Waals surface area contributed by atoms with Gasteiger partial charge >= 0.3 is 0 Å². The molecular formula is C25H30FN3O3. The van der Waals surface area contributed by atoms with Gasteiger partial charge in [0.05, 0.1) is 5.56 Å². The van der Waals surface area contributed by atoms with E-state index in [-0.39, 0.29) is 29.8 Å². The van der Waals surface area contributed by atoms with Gasteiger partial charge in [-0.3, -0.25) is 14.4 Å². The van der Waals surface area contributed by atoms with Gasteiger partial charge in [-0.2, -0.15) is 0 Å². The Morgan fingerprint density at radius 2 is 1.62 bits per heavy atom. The van der Waals surface area contributed by atoms with E-state index in [1.165, 1.54) is 24.6 Å². The van der Waals surface area contributed by atoms with Crippen LogP contribution in [0.25, 0.3) is 0 Å². The van der Waals surface area contributed by atoms with Crippen LogP contribution in [0.3, 0.4) is 0 Å². The lowest BCUT2D eigenvalue weighted by atomic mass is 10.0. The normalized spacial score (nSPS) is 14.7. The second-order valence-corrected chi connectivity index (χ2v) is 8.44. The number of nitrogens with one attached hydrogen (secondary N) is 2. The molecule has 1 aliphatic heterocycles. The average Bonchev–Trinajstić information content (AvgIpc) is 2.81. The van der Waals surface area contributed by atoms with Crippen LogP contribution in [0.4, 0.5) is 4.39 Å². The van der Waals surface area contributed by atoms with Gasteiger partial charge in [-0.15, -0.1) is 0 Å². The van der Waals surface area contributed by atoms with Gasteiger partial charge < -0.3 is 15.5 Å². The molecule has 6 nitrogen and oxygen atoms in total. The molecule has 0 aliphatic carbocycles. The van der Waals surface area contributed by atoms with Crippen molar-refractivity contribution < 1.29 is 18.8 Å². The van der Waals surface area contributed by atoms with Crippen molar-refractivity contribution in [2.45, 2.75) is 45.7 Å². The molecule has 0 saturated carbocycles. The molecule has 3 rings (SSSR count). The summed E-state index contributed by atoms with van der Waals surface area (Å²) in [6, 6.07) is 12.1. The van der Waals surface area contributed by atoms with Gasteiger partial charge in [0.1, 0.15) is 11.9 Å². The van der Waals surface area contributed by atoms with Crippen molar-refractivity contribution >= 4 is 17.7 Å². The van der Waals surface area contributed by atoms with Crippen molar-refractivity contribution in [2.24, 2.45) is 5.92 Å². The maximum absolute atomic E-state index is 13.9. The SMILES string of the molecule is CC(C)[C@@H](NC(=O)c1ccccc1F)C(=O)NCc1ccc(C(=O)N2CCCCC2)cc1. The fraction of sp³-hybridized carbons (Fsp3) is 0.400. The summed E-state index contributed by atoms with van der Waals surface area (Å²) >= 11 is 0. The van der Waals surface area contributed by atoms with Crippen LogP contribution in [0.1, 0.15) is 59.4 Å². The maximum atomic E-state index is 13.9. The Morgan fingerprint density at radius 1 is 0.969 bits per heavy atom. The van der Waals surface area contributed by atoms with Gasteiger partial charge in [0, 0.05) is 25.2 Å². The first-order valence-corrected chi connectivity index (χ1v) is 11.1. The summed E-state index contributed by atoms with van der Waals surface area (Å²) in [5.74, 6) is -1.76. The molecule has 170 valence electrons. The van der Waals surface area contributed by atoms with E-state index >= 15 is 0 Å². The van der Waals surface area contributed by atoms with Crippen molar-refractivity contribution in [3.05, 3.63) is 71.0 Å². The summed E-state index contributed by atoms with van der Waals surface area (Å²) in [5, 5.41) is 5.45. The van der Waals surface area contributed by atoms with Crippen LogP contribution in [-0.2, 0) is 11.3 Å². The van der Waals surface area contributed by atoms with Gasteiger partial charge in [-0.25, -0.2) is 4.39 Å². The second-order valence-electron chi connectivity index (χ2n) is 8.44. The third-order valence-electron chi connectivity index (χ3n) is 5.67. The highest BCUT2D eigenvalue weighted by Gasteiger charge is 2.25. The van der Waals surface area contributed by atoms with Gasteiger partial charge in [0.25, 0.3) is 11.8 Å². The Bertz CT molecular complexity index is 953. The number of halogens is 1. The molecule has 0 spiro atoms. The molecule has 1 atom stereocenters. The number of carbonyl (C=O) groups is 3. The lowest BCUT2D eigenvalue weighted by Crippen LogP contribution is -2.49. The molecular weight excluding hydrogens is 409 g/mol. The number of hydrogen-bond acceptors (Lipinski definition) is 3. The minimum Gasteiger partial charge on any atom is -0.350 e. The summed E-state index contributed by atoms with van der Waals surface area (Å²) in [6.07, 6.45) is 3.25. The molecule has 0 bridgehead atoms. The Kier molecular flexibility index (Phi) is 7.98. The summed E-state index contributed by atoms with van der Waals surface area (Å²) in [6.45, 7) is 5.48. The fourth-order valence-electron chi connectivity index (χ4n) is 3.74. The largest absolute Gasteiger partial charge is 0.350 e. The van der Waals surface area contributed by atoms with Crippen molar-refractivity contribution in [3.8, 4) is 0 Å². The lowest BCUT2D eigenvalue weighted by Gasteiger charge is -2.26. The maximum Gasteiger partial charge on any atom is 0.254 e. The molecule has 0 aromatic heterocycles. The molecule has 7 heteroatoms. The van der Waals surface area contributed by atoms with Crippen LogP contribution in [0, 0.1) is 11.7 Å². The highest BCUT2D eigenvalue weighted by Crippen LogP contribution is 2.14. The molecule has 32 heavy (non-hydrogen) atoms. The minimum atomic E-state index is -0.804. The second kappa shape index (κ2) is 10.9. The molecule has 0 radical (unpaired) electrons. The van der Waals surface area contributed by atoms with E-state index in [4.69, 9.17) is 0 Å². The number of hydrogen-bond donors (Lipinski definition) is 2. The van der Waals surface area contributed by atoms with E-state index in [1.807, 2.05) is 30.9 Å². The smallest absolute Gasteiger partial charge is 0.254 e. The molecule has 1 saturated heterocycles. The van der Waals surface area contributed by atoms with Crippen LogP contribution >= 0.6 is 0 Å². The Balaban J connectivity index is 1.57. The highest BCUT2D eigenvalue weighted by atomic mass is 19.1. The zero-order valence-corrected chi connectivity index (χ0v) is 18.6. The zero-order chi connectivity index (χ0) is 23.1. The van der Waals surface area contributed by atoms with Crippen LogP contribution in [0.2, 0.25) is 0 Å². The third kappa shape index (κ3) is 5.93. The number of piperidine rings is 1. The first-order valence-electron chi connectivity index (χ1n) is 11.1. The summed E-state index contributed by atoms with van der Waals surface area (Å²) < 4.78 is 13.9. The summed E-state index contributed by atoms with van der Waals surface area (Å²) in [7, 11) is 0. The van der Waals surface area contributed by atoms with E-state index in [2.05, 4.69) is 10.6 Å². The molecule has 0 unspecified atom stereocenters. The zero-order valence-electron chi connectivity index (χ0n) is 18.6. The number of carbonyl (C=O) groups excluding carboxylic acids is 3. The first kappa shape index (κ1) is 23.4. The number of rotatable bonds is 7. The van der Waals surface area contributed by atoms with Crippen LogP contribution < -0.4 is 10.6 Å². The molecule has 1 fully saturated rings. The first-order chi connectivity index (χ1) is 15.4. The van der Waals surface area contributed by atoms with Crippen LogP contribution in [-0.4, -0.2) is 41.8 Å². The standard InChI is InChI=1S/C25H30FN3O3/c1-17(2)22(28-23(30)20-8-4-5-9-21(20)26)24(31)27-16-18-10-12-19(13-11-18)25(32)29-14-6-3-7-15-29/h4-5,8-13,17,22H,3,6-7,14-16H2,1-2H3,(H,27,31)(H,28,30)/t22-/m1/s1. The Morgan fingerprint density at radius 3 is 2.25 bits per heavy atom. The highest BCUT2D eigenvalue weighted by molar-refractivity contribution is 5.98. The van der Waals surface area contributed by atoms with Crippen molar-refractivity contribution in [1.82, 2.24) is 15.5 Å². The number of benzene rings is 2. The fourth-order valence-corrected chi connectivity index (χ4v) is 3.74. The van der Waals surface area contributed by atoms with Crippen LogP contribution in [0.15, 0.2) is 48.5 Å². The summed E-state index contributed by atoms with van der Waals surface area (Å²) in [5.41, 5.74) is 1.38. The van der Waals surface area contributed by atoms with Crippen molar-refractivity contribution in [1.29, 1.82) is 0 Å². The predicted octanol–water partition coefficient (Wildman–Crippen LogP) is 3.52. The molecule has 1 aliphatic rings. The Hall–Kier alpha value is -3.22. The topological polar surface area (TPSA) is 78.5 Å². The van der Waals surface area contributed by atoms with Crippen molar-refractivity contribution in [2.75, 3.05) is 13.1 Å². The van der Waals surface area contributed by atoms with E-state index in [0.29, 0.717) is 5.56 Å². The number of likely N-dealkylation sites (tertiary alicyclic amines) is 1. The number of amides is 3. The molecule has 2 aromatic carbocycles. The van der Waals surface area contributed by atoms with E-state index in [1.54, 1.807) is 18.2 Å². The van der Waals surface area contributed by atoms with E-state index in [0.717, 1.165) is 31.5 Å². The van der Waals surface area contributed by atoms with Gasteiger partial charge in [-0.05, 0) is 55.0 Å². The van der Waals surface area contributed by atoms with Gasteiger partial charge in [0.15, 0.2) is 0 Å². The van der Waals surface area contributed by atoms with E-state index in [9.17, 15) is 18.8 Å². The van der Waals surface area contributed by atoms with Gasteiger partial charge in [-0.1, -0.05) is 38.1 Å². The average molecular weight is 440 g/mol. The van der Waals surface area contributed by atoms with Crippen LogP contribution in [0.5, 0.6) is 0 Å². The van der Waals surface area contributed by atoms with Crippen molar-refractivity contribution in [3.63, 3.8) is 0 Å². The molecule has 1 heterocycles. The quantitative estimate of drug-likeness (QED) is 0.693. The molecule has 2 N–H and O–H groups in total. The molecule has 2 aromatic rings. The van der Waals surface area contributed by atoms with Gasteiger partial charge in [0.2, 0.25) is 5.91 Å². The number of nitrogens with zero attached hydrogens (tertiary/aromatic N) is 1. The lowest BCUT2D eigenvalue weighted by molar-refractivity contribution is -0.124. The Labute approximate surface area is 188 Å². The monoisotopic (exact) mass is 439 g/mol. The summed E-state index contributed by atoms with van der Waals surface area (Å²) in [4.78, 5) is 39.6.